The van der Waals surface area contributed by atoms with E-state index in [1.807, 2.05) is 6.20 Å². The van der Waals surface area contributed by atoms with Gasteiger partial charge >= 0.3 is 0 Å². The first kappa shape index (κ1) is 20.9. The summed E-state index contributed by atoms with van der Waals surface area (Å²) in [4.78, 5) is 16.7. The Balaban J connectivity index is 1.52. The van der Waals surface area contributed by atoms with Crippen LogP contribution in [0.2, 0.25) is 0 Å². The van der Waals surface area contributed by atoms with Crippen LogP contribution < -0.4 is 15.5 Å². The predicted molar refractivity (Wildman–Crippen MR) is 117 cm³/mol. The first-order valence-corrected chi connectivity index (χ1v) is 10.8. The molecule has 2 N–H and O–H groups in total. The van der Waals surface area contributed by atoms with Crippen molar-refractivity contribution in [2.45, 2.75) is 39.3 Å². The van der Waals surface area contributed by atoms with Crippen LogP contribution in [0.3, 0.4) is 0 Å². The zero-order valence-corrected chi connectivity index (χ0v) is 17.8. The van der Waals surface area contributed by atoms with Crippen LogP contribution in [0.1, 0.15) is 32.3 Å². The first-order chi connectivity index (χ1) is 13.7. The highest BCUT2D eigenvalue weighted by molar-refractivity contribution is 5.79. The number of aromatic nitrogens is 1. The van der Waals surface area contributed by atoms with E-state index in [-0.39, 0.29) is 0 Å². The molecular formula is C21H37N7. The summed E-state index contributed by atoms with van der Waals surface area (Å²) in [7, 11) is 2.17. The molecule has 1 aromatic heterocycles. The van der Waals surface area contributed by atoms with Crippen LogP contribution in [0.5, 0.6) is 0 Å². The summed E-state index contributed by atoms with van der Waals surface area (Å²) < 4.78 is 0. The zero-order chi connectivity index (χ0) is 19.8. The van der Waals surface area contributed by atoms with Gasteiger partial charge < -0.3 is 20.4 Å². The highest BCUT2D eigenvalue weighted by atomic mass is 15.3. The van der Waals surface area contributed by atoms with Crippen molar-refractivity contribution in [3.05, 3.63) is 23.9 Å². The number of nitrogens with zero attached hydrogens (tertiary/aromatic N) is 5. The number of nitrogens with one attached hydrogen (secondary N) is 2. The molecule has 7 nitrogen and oxygen atoms in total. The molecule has 2 aliphatic heterocycles. The normalized spacial score (nSPS) is 21.9. The minimum Gasteiger partial charge on any atom is -0.357 e. The van der Waals surface area contributed by atoms with Gasteiger partial charge in [-0.3, -0.25) is 4.90 Å². The molecule has 0 radical (unpaired) electrons. The molecule has 0 bridgehead atoms. The van der Waals surface area contributed by atoms with Crippen molar-refractivity contribution in [1.29, 1.82) is 0 Å². The quantitative estimate of drug-likeness (QED) is 0.544. The third kappa shape index (κ3) is 5.82. The number of pyridine rings is 1. The van der Waals surface area contributed by atoms with Gasteiger partial charge in [0.25, 0.3) is 0 Å². The van der Waals surface area contributed by atoms with Crippen molar-refractivity contribution in [2.24, 2.45) is 4.99 Å². The number of anilines is 1. The molecule has 1 aromatic rings. The molecule has 1 unspecified atom stereocenters. The van der Waals surface area contributed by atoms with E-state index < -0.39 is 0 Å². The number of piperazine rings is 1. The maximum atomic E-state index is 4.76. The smallest absolute Gasteiger partial charge is 0.191 e. The van der Waals surface area contributed by atoms with Crippen LogP contribution in [-0.2, 0) is 6.54 Å². The van der Waals surface area contributed by atoms with Crippen LogP contribution in [0.4, 0.5) is 5.82 Å². The summed E-state index contributed by atoms with van der Waals surface area (Å²) in [6.45, 7) is 13.5. The molecule has 7 heteroatoms. The van der Waals surface area contributed by atoms with Gasteiger partial charge in [0.15, 0.2) is 5.96 Å². The maximum Gasteiger partial charge on any atom is 0.191 e. The molecular weight excluding hydrogens is 350 g/mol. The zero-order valence-electron chi connectivity index (χ0n) is 17.8. The van der Waals surface area contributed by atoms with Crippen molar-refractivity contribution in [3.63, 3.8) is 0 Å². The molecule has 0 spiro atoms. The van der Waals surface area contributed by atoms with Gasteiger partial charge in [-0.15, -0.1) is 0 Å². The van der Waals surface area contributed by atoms with Crippen molar-refractivity contribution < 1.29 is 0 Å². The summed E-state index contributed by atoms with van der Waals surface area (Å²) in [5, 5.41) is 6.89. The number of rotatable bonds is 7. The fraction of sp³-hybridized carbons (Fsp3) is 0.714. The summed E-state index contributed by atoms with van der Waals surface area (Å²) in [6.07, 6.45) is 4.55. The van der Waals surface area contributed by atoms with Gasteiger partial charge in [0, 0.05) is 51.5 Å². The van der Waals surface area contributed by atoms with E-state index in [4.69, 9.17) is 4.99 Å². The SMILES string of the molecule is CCNC(=NCc1ccc(N2CCN(C)CC2)nc1)NCC1CCCN1CC. The largest absolute Gasteiger partial charge is 0.357 e. The third-order valence-electron chi connectivity index (χ3n) is 5.81. The number of guanidine groups is 1. The van der Waals surface area contributed by atoms with Gasteiger partial charge in [-0.1, -0.05) is 13.0 Å². The second-order valence-corrected chi connectivity index (χ2v) is 7.82. The monoisotopic (exact) mass is 387 g/mol. The highest BCUT2D eigenvalue weighted by Gasteiger charge is 2.22. The van der Waals surface area contributed by atoms with E-state index in [9.17, 15) is 0 Å². The van der Waals surface area contributed by atoms with Gasteiger partial charge in [-0.25, -0.2) is 9.98 Å². The third-order valence-corrected chi connectivity index (χ3v) is 5.81. The standard InChI is InChI=1S/C21H37N7/c1-4-22-21(25-17-19-7-6-10-27(19)5-2)24-16-18-8-9-20(23-15-18)28-13-11-26(3)12-14-28/h8-9,15,19H,4-7,10-14,16-17H2,1-3H3,(H2,22,24,25). The predicted octanol–water partition coefficient (Wildman–Crippen LogP) is 1.37. The van der Waals surface area contributed by atoms with Gasteiger partial charge in [-0.05, 0) is 51.5 Å². The highest BCUT2D eigenvalue weighted by Crippen LogP contribution is 2.16. The minimum atomic E-state index is 0.624. The Hall–Kier alpha value is -1.86. The molecule has 0 aromatic carbocycles. The lowest BCUT2D eigenvalue weighted by Gasteiger charge is -2.33. The van der Waals surface area contributed by atoms with E-state index in [0.29, 0.717) is 12.6 Å². The molecule has 1 atom stereocenters. The number of aliphatic imine (C=N–C) groups is 1. The average molecular weight is 388 g/mol. The van der Waals surface area contributed by atoms with Crippen molar-refractivity contribution in [2.75, 3.05) is 64.3 Å². The van der Waals surface area contributed by atoms with Crippen molar-refractivity contribution >= 4 is 11.8 Å². The van der Waals surface area contributed by atoms with E-state index in [1.54, 1.807) is 0 Å². The second-order valence-electron chi connectivity index (χ2n) is 7.82. The van der Waals surface area contributed by atoms with E-state index >= 15 is 0 Å². The summed E-state index contributed by atoms with van der Waals surface area (Å²) in [6, 6.07) is 4.91. The van der Waals surface area contributed by atoms with Crippen LogP contribution in [0.25, 0.3) is 0 Å². The van der Waals surface area contributed by atoms with Crippen LogP contribution in [-0.4, -0.2) is 86.2 Å². The fourth-order valence-corrected chi connectivity index (χ4v) is 4.00. The van der Waals surface area contributed by atoms with Crippen LogP contribution in [0.15, 0.2) is 23.3 Å². The Bertz CT molecular complexity index is 608. The molecule has 0 saturated carbocycles. The molecule has 2 fully saturated rings. The van der Waals surface area contributed by atoms with Gasteiger partial charge in [0.1, 0.15) is 5.82 Å². The topological polar surface area (TPSA) is 59.0 Å². The molecule has 28 heavy (non-hydrogen) atoms. The Morgan fingerprint density at radius 2 is 1.96 bits per heavy atom. The Kier molecular flexibility index (Phi) is 7.91. The van der Waals surface area contributed by atoms with E-state index in [2.05, 4.69) is 63.3 Å². The number of likely N-dealkylation sites (tertiary alicyclic amines) is 1. The van der Waals surface area contributed by atoms with Gasteiger partial charge in [0.05, 0.1) is 6.54 Å². The number of hydrogen-bond acceptors (Lipinski definition) is 5. The number of likely N-dealkylation sites (N-methyl/N-ethyl adjacent to an activating group) is 2. The van der Waals surface area contributed by atoms with Crippen LogP contribution >= 0.6 is 0 Å². The van der Waals surface area contributed by atoms with Crippen LogP contribution in [0, 0.1) is 0 Å². The fourth-order valence-electron chi connectivity index (χ4n) is 4.00. The summed E-state index contributed by atoms with van der Waals surface area (Å²) in [5.41, 5.74) is 1.14. The molecule has 3 rings (SSSR count). The van der Waals surface area contributed by atoms with Gasteiger partial charge in [0.2, 0.25) is 0 Å². The van der Waals surface area contributed by atoms with Gasteiger partial charge in [-0.2, -0.15) is 0 Å². The lowest BCUT2D eigenvalue weighted by molar-refractivity contribution is 0.267. The minimum absolute atomic E-state index is 0.624. The molecule has 0 aliphatic carbocycles. The first-order valence-electron chi connectivity index (χ1n) is 10.8. The number of hydrogen-bond donors (Lipinski definition) is 2. The lowest BCUT2D eigenvalue weighted by Crippen LogP contribution is -2.45. The lowest BCUT2D eigenvalue weighted by atomic mass is 10.2. The maximum absolute atomic E-state index is 4.76. The molecule has 3 heterocycles. The molecule has 2 aliphatic rings. The van der Waals surface area contributed by atoms with E-state index in [1.165, 1.54) is 19.4 Å². The molecule has 156 valence electrons. The average Bonchev–Trinajstić information content (AvgIpc) is 3.19. The van der Waals surface area contributed by atoms with E-state index in [0.717, 1.165) is 63.2 Å². The van der Waals surface area contributed by atoms with Crippen molar-refractivity contribution in [3.8, 4) is 0 Å². The Morgan fingerprint density at radius 3 is 2.64 bits per heavy atom. The van der Waals surface area contributed by atoms with Crippen molar-refractivity contribution in [1.82, 2.24) is 25.4 Å². The second kappa shape index (κ2) is 10.6. The molecule has 2 saturated heterocycles. The Labute approximate surface area is 170 Å². The molecule has 0 amide bonds. The Morgan fingerprint density at radius 1 is 1.14 bits per heavy atom. The summed E-state index contributed by atoms with van der Waals surface area (Å²) in [5.74, 6) is 1.97. The summed E-state index contributed by atoms with van der Waals surface area (Å²) >= 11 is 0.